The first kappa shape index (κ1) is 15.0. The molecule has 0 bridgehead atoms. The van der Waals surface area contributed by atoms with Crippen LogP contribution in [0.25, 0.3) is 5.65 Å². The molecule has 0 aliphatic heterocycles. The van der Waals surface area contributed by atoms with Gasteiger partial charge in [0.05, 0.1) is 18.8 Å². The highest BCUT2D eigenvalue weighted by Crippen LogP contribution is 2.13. The Morgan fingerprint density at radius 3 is 3.00 bits per heavy atom. The second-order valence-electron chi connectivity index (χ2n) is 5.02. The number of hydrogen-bond donors (Lipinski definition) is 1. The van der Waals surface area contributed by atoms with E-state index in [0.29, 0.717) is 23.8 Å². The van der Waals surface area contributed by atoms with Crippen molar-refractivity contribution in [3.63, 3.8) is 0 Å². The Bertz CT molecular complexity index is 816. The van der Waals surface area contributed by atoms with Gasteiger partial charge in [-0.2, -0.15) is 0 Å². The molecule has 3 rings (SSSR count). The van der Waals surface area contributed by atoms with Crippen LogP contribution in [0, 0.1) is 0 Å². The van der Waals surface area contributed by atoms with Crippen LogP contribution in [0.4, 0.5) is 0 Å². The van der Waals surface area contributed by atoms with E-state index in [1.54, 1.807) is 30.7 Å². The van der Waals surface area contributed by atoms with Crippen molar-refractivity contribution in [2.24, 2.45) is 0 Å². The summed E-state index contributed by atoms with van der Waals surface area (Å²) >= 11 is 0. The number of imidazole rings is 1. The molecule has 1 unspecified atom stereocenters. The standard InChI is InChI=1S/C16H17N5O2/c1-3-23-15-7-6-14-19-13(10-21(14)20-15)16(22)18-11(2)12-5-4-8-17-9-12/h4-11H,3H2,1-2H3,(H,18,22). The largest absolute Gasteiger partial charge is 0.477 e. The molecular weight excluding hydrogens is 294 g/mol. The van der Waals surface area contributed by atoms with Crippen molar-refractivity contribution < 1.29 is 9.53 Å². The minimum atomic E-state index is -0.259. The van der Waals surface area contributed by atoms with E-state index in [1.807, 2.05) is 26.0 Å². The molecule has 0 aliphatic carbocycles. The second kappa shape index (κ2) is 6.43. The van der Waals surface area contributed by atoms with Gasteiger partial charge in [0.25, 0.3) is 5.91 Å². The normalized spacial score (nSPS) is 12.1. The molecule has 0 spiro atoms. The van der Waals surface area contributed by atoms with Gasteiger partial charge in [-0.3, -0.25) is 9.78 Å². The van der Waals surface area contributed by atoms with Crippen molar-refractivity contribution in [3.05, 3.63) is 54.1 Å². The van der Waals surface area contributed by atoms with Gasteiger partial charge in [-0.25, -0.2) is 9.50 Å². The van der Waals surface area contributed by atoms with Crippen molar-refractivity contribution in [2.45, 2.75) is 19.9 Å². The molecular formula is C16H17N5O2. The number of carbonyl (C=O) groups is 1. The molecule has 7 heteroatoms. The highest BCUT2D eigenvalue weighted by Gasteiger charge is 2.15. The maximum atomic E-state index is 12.3. The van der Waals surface area contributed by atoms with Crippen molar-refractivity contribution in [1.82, 2.24) is 24.9 Å². The van der Waals surface area contributed by atoms with E-state index in [9.17, 15) is 4.79 Å². The van der Waals surface area contributed by atoms with E-state index in [-0.39, 0.29) is 11.9 Å². The summed E-state index contributed by atoms with van der Waals surface area (Å²) in [6.07, 6.45) is 5.01. The third kappa shape index (κ3) is 3.28. The van der Waals surface area contributed by atoms with Crippen LogP contribution >= 0.6 is 0 Å². The van der Waals surface area contributed by atoms with E-state index in [1.165, 1.54) is 4.52 Å². The number of aromatic nitrogens is 4. The fourth-order valence-electron chi connectivity index (χ4n) is 2.18. The summed E-state index contributed by atoms with van der Waals surface area (Å²) in [6, 6.07) is 7.08. The lowest BCUT2D eigenvalue weighted by molar-refractivity contribution is 0.0935. The van der Waals surface area contributed by atoms with Gasteiger partial charge >= 0.3 is 0 Å². The Balaban J connectivity index is 1.78. The number of nitrogens with zero attached hydrogens (tertiary/aromatic N) is 4. The average molecular weight is 311 g/mol. The van der Waals surface area contributed by atoms with Gasteiger partial charge in [-0.15, -0.1) is 5.10 Å². The van der Waals surface area contributed by atoms with Crippen molar-refractivity contribution in [1.29, 1.82) is 0 Å². The number of amides is 1. The molecule has 0 fully saturated rings. The molecule has 1 amide bonds. The average Bonchev–Trinajstić information content (AvgIpc) is 2.99. The van der Waals surface area contributed by atoms with Crippen LogP contribution in [0.2, 0.25) is 0 Å². The zero-order valence-corrected chi connectivity index (χ0v) is 12.9. The fraction of sp³-hybridized carbons (Fsp3) is 0.250. The molecule has 0 saturated heterocycles. The van der Waals surface area contributed by atoms with E-state index in [4.69, 9.17) is 4.74 Å². The summed E-state index contributed by atoms with van der Waals surface area (Å²) in [6.45, 7) is 4.32. The van der Waals surface area contributed by atoms with E-state index in [0.717, 1.165) is 5.56 Å². The van der Waals surface area contributed by atoms with Crippen LogP contribution in [0.3, 0.4) is 0 Å². The number of pyridine rings is 1. The first-order valence-corrected chi connectivity index (χ1v) is 7.37. The van der Waals surface area contributed by atoms with Crippen molar-refractivity contribution >= 4 is 11.6 Å². The van der Waals surface area contributed by atoms with Crippen molar-refractivity contribution in [3.8, 4) is 5.88 Å². The lowest BCUT2D eigenvalue weighted by atomic mass is 10.1. The SMILES string of the molecule is CCOc1ccc2nc(C(=O)NC(C)c3cccnc3)cn2n1. The first-order chi connectivity index (χ1) is 11.2. The van der Waals surface area contributed by atoms with Crippen LogP contribution in [-0.4, -0.2) is 32.1 Å². The summed E-state index contributed by atoms with van der Waals surface area (Å²) in [7, 11) is 0. The van der Waals surface area contributed by atoms with Crippen LogP contribution in [0.5, 0.6) is 5.88 Å². The lowest BCUT2D eigenvalue weighted by Crippen LogP contribution is -2.26. The van der Waals surface area contributed by atoms with Gasteiger partial charge in [-0.1, -0.05) is 6.07 Å². The zero-order valence-electron chi connectivity index (χ0n) is 12.9. The summed E-state index contributed by atoms with van der Waals surface area (Å²) in [4.78, 5) is 20.7. The molecule has 118 valence electrons. The van der Waals surface area contributed by atoms with Gasteiger partial charge in [0.2, 0.25) is 5.88 Å². The predicted octanol–water partition coefficient (Wildman–Crippen LogP) is 2.01. The number of fused-ring (bicyclic) bond motifs is 1. The van der Waals surface area contributed by atoms with Gasteiger partial charge in [0.1, 0.15) is 5.69 Å². The Morgan fingerprint density at radius 1 is 1.39 bits per heavy atom. The molecule has 3 aromatic heterocycles. The minimum absolute atomic E-state index is 0.159. The Labute approximate surface area is 133 Å². The molecule has 3 heterocycles. The van der Waals surface area contributed by atoms with E-state index < -0.39 is 0 Å². The summed E-state index contributed by atoms with van der Waals surface area (Å²) < 4.78 is 6.88. The van der Waals surface area contributed by atoms with Crippen LogP contribution < -0.4 is 10.1 Å². The number of nitrogens with one attached hydrogen (secondary N) is 1. The monoisotopic (exact) mass is 311 g/mol. The molecule has 0 radical (unpaired) electrons. The maximum Gasteiger partial charge on any atom is 0.272 e. The Kier molecular flexibility index (Phi) is 4.18. The molecule has 23 heavy (non-hydrogen) atoms. The predicted molar refractivity (Wildman–Crippen MR) is 84.3 cm³/mol. The van der Waals surface area contributed by atoms with E-state index >= 15 is 0 Å². The number of carbonyl (C=O) groups excluding carboxylic acids is 1. The third-order valence-electron chi connectivity index (χ3n) is 3.35. The lowest BCUT2D eigenvalue weighted by Gasteiger charge is -2.12. The molecule has 1 N–H and O–H groups in total. The van der Waals surface area contributed by atoms with Crippen LogP contribution in [0.1, 0.15) is 35.9 Å². The zero-order chi connectivity index (χ0) is 16.2. The molecule has 0 saturated carbocycles. The van der Waals surface area contributed by atoms with Gasteiger partial charge in [0, 0.05) is 18.5 Å². The number of hydrogen-bond acceptors (Lipinski definition) is 5. The Hall–Kier alpha value is -2.96. The van der Waals surface area contributed by atoms with Gasteiger partial charge in [-0.05, 0) is 31.5 Å². The highest BCUT2D eigenvalue weighted by atomic mass is 16.5. The molecule has 0 aromatic carbocycles. The maximum absolute atomic E-state index is 12.3. The molecule has 0 aliphatic rings. The summed E-state index contributed by atoms with van der Waals surface area (Å²) in [5.41, 5.74) is 1.83. The number of rotatable bonds is 5. The number of ether oxygens (including phenoxy) is 1. The molecule has 3 aromatic rings. The van der Waals surface area contributed by atoms with Crippen LogP contribution in [-0.2, 0) is 0 Å². The smallest absolute Gasteiger partial charge is 0.272 e. The van der Waals surface area contributed by atoms with Crippen LogP contribution in [0.15, 0.2) is 42.9 Å². The van der Waals surface area contributed by atoms with Crippen molar-refractivity contribution in [2.75, 3.05) is 6.61 Å². The molecule has 1 atom stereocenters. The Morgan fingerprint density at radius 2 is 2.26 bits per heavy atom. The van der Waals surface area contributed by atoms with Gasteiger partial charge < -0.3 is 10.1 Å². The second-order valence-corrected chi connectivity index (χ2v) is 5.02. The summed E-state index contributed by atoms with van der Waals surface area (Å²) in [5.74, 6) is 0.234. The van der Waals surface area contributed by atoms with Gasteiger partial charge in [0.15, 0.2) is 5.65 Å². The highest BCUT2D eigenvalue weighted by molar-refractivity contribution is 5.93. The fourth-order valence-corrected chi connectivity index (χ4v) is 2.18. The minimum Gasteiger partial charge on any atom is -0.477 e. The topological polar surface area (TPSA) is 81.4 Å². The molecule has 7 nitrogen and oxygen atoms in total. The van der Waals surface area contributed by atoms with E-state index in [2.05, 4.69) is 20.4 Å². The third-order valence-corrected chi connectivity index (χ3v) is 3.35. The first-order valence-electron chi connectivity index (χ1n) is 7.37. The summed E-state index contributed by atoms with van der Waals surface area (Å²) in [5, 5.41) is 7.15. The quantitative estimate of drug-likeness (QED) is 0.779.